The normalized spacial score (nSPS) is 20.5. The first-order chi connectivity index (χ1) is 19.9. The third kappa shape index (κ3) is 8.64. The lowest BCUT2D eigenvalue weighted by Gasteiger charge is -2.41. The number of ether oxygens (including phenoxy) is 2. The van der Waals surface area contributed by atoms with Gasteiger partial charge in [0.1, 0.15) is 0 Å². The van der Waals surface area contributed by atoms with Crippen molar-refractivity contribution in [3.63, 3.8) is 0 Å². The molecule has 4 N–H and O–H groups in total. The first-order valence-electron chi connectivity index (χ1n) is 13.7. The molecule has 1 heterocycles. The van der Waals surface area contributed by atoms with Crippen LogP contribution in [-0.4, -0.2) is 51.4 Å². The lowest BCUT2D eigenvalue weighted by Crippen LogP contribution is -2.38. The largest absolute Gasteiger partial charge is 0.481 e. The smallest absolute Gasteiger partial charge is 0.303 e. The summed E-state index contributed by atoms with van der Waals surface area (Å²) in [6.45, 7) is 2.56. The van der Waals surface area contributed by atoms with E-state index < -0.39 is 12.3 Å². The number of aliphatic hydroxyl groups is 2. The van der Waals surface area contributed by atoms with Crippen LogP contribution in [-0.2, 0) is 32.2 Å². The highest BCUT2D eigenvalue weighted by molar-refractivity contribution is 7.99. The third-order valence-corrected chi connectivity index (χ3v) is 8.18. The van der Waals surface area contributed by atoms with E-state index in [9.17, 15) is 19.8 Å². The summed E-state index contributed by atoms with van der Waals surface area (Å²) in [5.74, 6) is 0.189. The quantitative estimate of drug-likeness (QED) is 0.212. The Hall–Kier alpha value is -3.21. The molecule has 1 saturated heterocycles. The molecule has 8 nitrogen and oxygen atoms in total. The number of nitrogens with one attached hydrogen (secondary N) is 1. The molecule has 4 atom stereocenters. The first kappa shape index (κ1) is 30.7. The van der Waals surface area contributed by atoms with Gasteiger partial charge in [0, 0.05) is 36.0 Å². The Balaban J connectivity index is 1.47. The maximum atomic E-state index is 11.9. The number of aliphatic carboxylic acids is 1. The third-order valence-electron chi connectivity index (χ3n) is 7.14. The summed E-state index contributed by atoms with van der Waals surface area (Å²) in [7, 11) is 0. The number of benzene rings is 3. The molecule has 1 amide bonds. The van der Waals surface area contributed by atoms with Crippen molar-refractivity contribution in [1.82, 2.24) is 5.32 Å². The first-order valence-corrected chi connectivity index (χ1v) is 14.9. The monoisotopic (exact) mass is 579 g/mol. The Labute approximate surface area is 244 Å². The van der Waals surface area contributed by atoms with E-state index in [1.807, 2.05) is 72.8 Å². The highest BCUT2D eigenvalue weighted by atomic mass is 32.2. The van der Waals surface area contributed by atoms with E-state index in [0.717, 1.165) is 39.1 Å². The van der Waals surface area contributed by atoms with E-state index in [2.05, 4.69) is 12.2 Å². The van der Waals surface area contributed by atoms with Gasteiger partial charge in [0.2, 0.25) is 5.91 Å². The van der Waals surface area contributed by atoms with Crippen LogP contribution >= 0.6 is 11.8 Å². The summed E-state index contributed by atoms with van der Waals surface area (Å²) >= 11 is 1.66. The SMILES string of the molecule is CC1C(CSCCO)OC(c2ccc(-c3cccc(CNC(=O)CCC(=O)O)c3)cc2)OC1c1ccc(CO)cc1. The number of hydrogen-bond acceptors (Lipinski definition) is 7. The highest BCUT2D eigenvalue weighted by Crippen LogP contribution is 2.42. The Kier molecular flexibility index (Phi) is 11.4. The molecule has 1 aliphatic rings. The topological polar surface area (TPSA) is 125 Å². The minimum atomic E-state index is -0.993. The van der Waals surface area contributed by atoms with Crippen molar-refractivity contribution >= 4 is 23.6 Å². The zero-order valence-electron chi connectivity index (χ0n) is 23.1. The number of rotatable bonds is 13. The molecule has 3 aromatic rings. The van der Waals surface area contributed by atoms with Gasteiger partial charge in [0.15, 0.2) is 6.29 Å². The predicted octanol–water partition coefficient (Wildman–Crippen LogP) is 4.84. The van der Waals surface area contributed by atoms with Crippen LogP contribution < -0.4 is 5.32 Å². The molecule has 0 radical (unpaired) electrons. The molecule has 1 aliphatic heterocycles. The number of carboxylic acids is 1. The Morgan fingerprint density at radius 2 is 1.61 bits per heavy atom. The lowest BCUT2D eigenvalue weighted by molar-refractivity contribution is -0.268. The zero-order chi connectivity index (χ0) is 29.2. The average Bonchev–Trinajstić information content (AvgIpc) is 3.00. The van der Waals surface area contributed by atoms with E-state index in [-0.39, 0.29) is 50.1 Å². The number of thioether (sulfide) groups is 1. The highest BCUT2D eigenvalue weighted by Gasteiger charge is 2.38. The molecule has 3 aromatic carbocycles. The second-order valence-corrected chi connectivity index (χ2v) is 11.3. The van der Waals surface area contributed by atoms with Crippen LogP contribution in [0.1, 0.15) is 54.4 Å². The molecule has 0 spiro atoms. The summed E-state index contributed by atoms with van der Waals surface area (Å²) in [6.07, 6.45) is -1.06. The second kappa shape index (κ2) is 15.1. The maximum Gasteiger partial charge on any atom is 0.303 e. The van der Waals surface area contributed by atoms with Gasteiger partial charge in [0.05, 0.1) is 31.8 Å². The number of carbonyl (C=O) groups is 2. The fraction of sp³-hybridized carbons (Fsp3) is 0.375. The number of carboxylic acid groups (broad SMARTS) is 1. The van der Waals surface area contributed by atoms with Gasteiger partial charge >= 0.3 is 5.97 Å². The number of carbonyl (C=O) groups excluding carboxylic acids is 1. The van der Waals surface area contributed by atoms with E-state index in [1.54, 1.807) is 11.8 Å². The molecular formula is C32H37NO7S. The van der Waals surface area contributed by atoms with Gasteiger partial charge in [-0.05, 0) is 33.9 Å². The molecule has 4 unspecified atom stereocenters. The summed E-state index contributed by atoms with van der Waals surface area (Å²) in [4.78, 5) is 22.6. The fourth-order valence-electron chi connectivity index (χ4n) is 4.78. The number of amides is 1. The summed E-state index contributed by atoms with van der Waals surface area (Å²) in [5, 5.41) is 30.2. The molecule has 41 heavy (non-hydrogen) atoms. The van der Waals surface area contributed by atoms with E-state index in [1.165, 1.54) is 0 Å². The second-order valence-electron chi connectivity index (χ2n) is 10.1. The molecular weight excluding hydrogens is 542 g/mol. The van der Waals surface area contributed by atoms with E-state index in [4.69, 9.17) is 14.6 Å². The van der Waals surface area contributed by atoms with Gasteiger partial charge in [0.25, 0.3) is 0 Å². The van der Waals surface area contributed by atoms with Gasteiger partial charge in [-0.1, -0.05) is 73.7 Å². The van der Waals surface area contributed by atoms with Crippen molar-refractivity contribution in [1.29, 1.82) is 0 Å². The summed E-state index contributed by atoms with van der Waals surface area (Å²) < 4.78 is 13.0. The van der Waals surface area contributed by atoms with Crippen LogP contribution in [0.25, 0.3) is 11.1 Å². The van der Waals surface area contributed by atoms with Crippen LogP contribution in [0.4, 0.5) is 0 Å². The zero-order valence-corrected chi connectivity index (χ0v) is 23.9. The van der Waals surface area contributed by atoms with Gasteiger partial charge in [-0.15, -0.1) is 0 Å². The van der Waals surface area contributed by atoms with Crippen molar-refractivity contribution < 1.29 is 34.4 Å². The lowest BCUT2D eigenvalue weighted by atomic mass is 9.91. The van der Waals surface area contributed by atoms with E-state index in [0.29, 0.717) is 12.3 Å². The van der Waals surface area contributed by atoms with Crippen LogP contribution in [0.5, 0.6) is 0 Å². The van der Waals surface area contributed by atoms with Gasteiger partial charge in [-0.2, -0.15) is 11.8 Å². The summed E-state index contributed by atoms with van der Waals surface area (Å²) in [6, 6.07) is 23.7. The molecule has 0 bridgehead atoms. The van der Waals surface area contributed by atoms with Crippen molar-refractivity contribution in [3.8, 4) is 11.1 Å². The van der Waals surface area contributed by atoms with Crippen LogP contribution in [0.3, 0.4) is 0 Å². The Morgan fingerprint density at radius 3 is 2.29 bits per heavy atom. The van der Waals surface area contributed by atoms with Crippen molar-refractivity contribution in [2.75, 3.05) is 18.1 Å². The molecule has 218 valence electrons. The molecule has 0 aromatic heterocycles. The van der Waals surface area contributed by atoms with Crippen LogP contribution in [0.2, 0.25) is 0 Å². The van der Waals surface area contributed by atoms with Gasteiger partial charge in [-0.3, -0.25) is 9.59 Å². The van der Waals surface area contributed by atoms with Crippen LogP contribution in [0.15, 0.2) is 72.8 Å². The number of aliphatic hydroxyl groups excluding tert-OH is 2. The van der Waals surface area contributed by atoms with Crippen molar-refractivity contribution in [2.24, 2.45) is 5.92 Å². The van der Waals surface area contributed by atoms with Crippen molar-refractivity contribution in [3.05, 3.63) is 95.1 Å². The van der Waals surface area contributed by atoms with Gasteiger partial charge in [-0.25, -0.2) is 0 Å². The molecule has 0 saturated carbocycles. The minimum Gasteiger partial charge on any atom is -0.481 e. The van der Waals surface area contributed by atoms with Crippen molar-refractivity contribution in [2.45, 2.75) is 51.4 Å². The standard InChI is InChI=1S/C32H37NO7S/c1-21-28(20-41-16-15-34)39-32(40-31(21)25-7-5-22(19-35)6-8-25)26-11-9-24(10-12-26)27-4-2-3-23(17-27)18-33-29(36)13-14-30(37)38/h2-12,17,21,28,31-32,34-35H,13-16,18-20H2,1H3,(H,33,36)(H,37,38). The number of hydrogen-bond donors (Lipinski definition) is 4. The Bertz CT molecular complexity index is 1280. The molecule has 1 fully saturated rings. The van der Waals surface area contributed by atoms with Crippen LogP contribution in [0, 0.1) is 5.92 Å². The summed E-state index contributed by atoms with van der Waals surface area (Å²) in [5.41, 5.74) is 5.69. The minimum absolute atomic E-state index is 0.00972. The predicted molar refractivity (Wildman–Crippen MR) is 158 cm³/mol. The molecule has 0 aliphatic carbocycles. The average molecular weight is 580 g/mol. The maximum absolute atomic E-state index is 11.9. The van der Waals surface area contributed by atoms with E-state index >= 15 is 0 Å². The Morgan fingerprint density at radius 1 is 0.878 bits per heavy atom. The molecule has 4 rings (SSSR count). The fourth-order valence-corrected chi connectivity index (χ4v) is 5.69. The van der Waals surface area contributed by atoms with Gasteiger partial charge < -0.3 is 30.1 Å². The molecule has 9 heteroatoms.